The molecule has 1 aromatic heterocycles. The molecule has 1 aromatic carbocycles. The van der Waals surface area contributed by atoms with E-state index in [1.165, 1.54) is 0 Å². The van der Waals surface area contributed by atoms with Crippen molar-refractivity contribution in [3.8, 4) is 5.75 Å². The number of aromatic hydroxyl groups is 1. The number of hydrogen-bond acceptors (Lipinski definition) is 4. The van der Waals surface area contributed by atoms with Gasteiger partial charge in [0.05, 0.1) is 17.6 Å². The maximum absolute atomic E-state index is 13.7. The van der Waals surface area contributed by atoms with Crippen LogP contribution in [0.1, 0.15) is 55.6 Å². The van der Waals surface area contributed by atoms with Crippen molar-refractivity contribution in [2.45, 2.75) is 58.5 Å². The van der Waals surface area contributed by atoms with Crippen molar-refractivity contribution >= 4 is 22.8 Å². The molecule has 1 N–H and O–H groups in total. The van der Waals surface area contributed by atoms with Crippen LogP contribution in [-0.2, 0) is 16.6 Å². The lowest BCUT2D eigenvalue weighted by Crippen LogP contribution is -2.45. The molecule has 0 radical (unpaired) electrons. The quantitative estimate of drug-likeness (QED) is 0.819. The van der Waals surface area contributed by atoms with Crippen LogP contribution in [0, 0.1) is 12.3 Å². The average Bonchev–Trinajstić information content (AvgIpc) is 3.31. The van der Waals surface area contributed by atoms with Gasteiger partial charge in [0.2, 0.25) is 0 Å². The maximum Gasteiger partial charge on any atom is 0.314 e. The van der Waals surface area contributed by atoms with Crippen LogP contribution < -0.4 is 0 Å². The molecule has 2 aliphatic heterocycles. The van der Waals surface area contributed by atoms with Crippen molar-refractivity contribution in [2.75, 3.05) is 6.61 Å². The second kappa shape index (κ2) is 6.54. The molecule has 0 unspecified atom stereocenters. The number of nitrogens with zero attached hydrogens (tertiary/aromatic N) is 2. The lowest BCUT2D eigenvalue weighted by Gasteiger charge is -2.34. The first-order valence-corrected chi connectivity index (χ1v) is 10.1. The summed E-state index contributed by atoms with van der Waals surface area (Å²) in [7, 11) is 1.93. The molecule has 1 amide bonds. The Bertz CT molecular complexity index is 963. The molecule has 28 heavy (non-hydrogen) atoms. The minimum atomic E-state index is -0.602. The molecule has 4 rings (SSSR count). The van der Waals surface area contributed by atoms with Crippen molar-refractivity contribution in [3.63, 3.8) is 0 Å². The molecule has 6 nitrogen and oxygen atoms in total. The first-order valence-electron chi connectivity index (χ1n) is 10.1. The fourth-order valence-electron chi connectivity index (χ4n) is 5.47. The third-order valence-corrected chi connectivity index (χ3v) is 6.98. The number of aryl methyl sites for hydroxylation is 1. The van der Waals surface area contributed by atoms with E-state index in [1.54, 1.807) is 12.1 Å². The number of benzene rings is 1. The van der Waals surface area contributed by atoms with Crippen molar-refractivity contribution in [3.05, 3.63) is 29.5 Å². The van der Waals surface area contributed by atoms with E-state index in [0.29, 0.717) is 25.0 Å². The Morgan fingerprint density at radius 3 is 2.71 bits per heavy atom. The molecule has 0 saturated carbocycles. The predicted molar refractivity (Wildman–Crippen MR) is 106 cm³/mol. The zero-order valence-electron chi connectivity index (χ0n) is 17.0. The standard InChI is InChI=1S/C22H28N2O4/c1-5-22(21(27)28-6-2)12-14-7-10-18(22)24(14)20(26)19-13(3)23(4)17-9-8-15(25)11-16(17)19/h8-9,11,14,18,25H,5-7,10,12H2,1-4H3/t14-,18+,22+/m1/s1. The van der Waals surface area contributed by atoms with Crippen LogP contribution in [0.4, 0.5) is 0 Å². The second-order valence-electron chi connectivity index (χ2n) is 8.11. The van der Waals surface area contributed by atoms with Gasteiger partial charge in [0.15, 0.2) is 0 Å². The highest BCUT2D eigenvalue weighted by atomic mass is 16.5. The minimum absolute atomic E-state index is 0.0409. The van der Waals surface area contributed by atoms with Crippen LogP contribution in [0.2, 0.25) is 0 Å². The molecule has 0 spiro atoms. The van der Waals surface area contributed by atoms with Gasteiger partial charge in [0.1, 0.15) is 5.75 Å². The largest absolute Gasteiger partial charge is 0.508 e. The summed E-state index contributed by atoms with van der Waals surface area (Å²) in [6.07, 6.45) is 3.10. The van der Waals surface area contributed by atoms with Crippen molar-refractivity contribution in [2.24, 2.45) is 12.5 Å². The van der Waals surface area contributed by atoms with Gasteiger partial charge in [-0.15, -0.1) is 0 Å². The van der Waals surface area contributed by atoms with Gasteiger partial charge >= 0.3 is 5.97 Å². The van der Waals surface area contributed by atoms with Crippen molar-refractivity contribution in [1.82, 2.24) is 9.47 Å². The number of hydrogen-bond donors (Lipinski definition) is 1. The summed E-state index contributed by atoms with van der Waals surface area (Å²) in [6.45, 7) is 6.12. The van der Waals surface area contributed by atoms with Gasteiger partial charge in [-0.25, -0.2) is 0 Å². The highest BCUT2D eigenvalue weighted by molar-refractivity contribution is 6.09. The molecule has 150 valence electrons. The molecule has 3 atom stereocenters. The highest BCUT2D eigenvalue weighted by Crippen LogP contribution is 2.53. The average molecular weight is 384 g/mol. The molecule has 2 saturated heterocycles. The van der Waals surface area contributed by atoms with Crippen molar-refractivity contribution < 1.29 is 19.4 Å². The Labute approximate surface area is 165 Å². The van der Waals surface area contributed by atoms with E-state index in [4.69, 9.17) is 4.74 Å². The van der Waals surface area contributed by atoms with Gasteiger partial charge in [0.25, 0.3) is 5.91 Å². The van der Waals surface area contributed by atoms with Gasteiger partial charge in [-0.3, -0.25) is 9.59 Å². The molecular formula is C22H28N2O4. The molecule has 0 aliphatic carbocycles. The Morgan fingerprint density at radius 2 is 2.04 bits per heavy atom. The number of rotatable bonds is 4. The predicted octanol–water partition coefficient (Wildman–Crippen LogP) is 3.53. The van der Waals surface area contributed by atoms with E-state index >= 15 is 0 Å². The van der Waals surface area contributed by atoms with Gasteiger partial charge in [0, 0.05) is 35.7 Å². The number of esters is 1. The zero-order valence-corrected chi connectivity index (χ0v) is 17.0. The lowest BCUT2D eigenvalue weighted by molar-refractivity contribution is -0.157. The van der Waals surface area contributed by atoms with Gasteiger partial charge in [-0.2, -0.15) is 0 Å². The Hall–Kier alpha value is -2.50. The number of phenols is 1. The summed E-state index contributed by atoms with van der Waals surface area (Å²) in [5.41, 5.74) is 1.81. The summed E-state index contributed by atoms with van der Waals surface area (Å²) >= 11 is 0. The monoisotopic (exact) mass is 384 g/mol. The Kier molecular flexibility index (Phi) is 4.40. The molecular weight excluding hydrogens is 356 g/mol. The molecule has 3 heterocycles. The van der Waals surface area contributed by atoms with E-state index in [1.807, 2.05) is 43.4 Å². The summed E-state index contributed by atoms with van der Waals surface area (Å²) in [5, 5.41) is 10.7. The van der Waals surface area contributed by atoms with Gasteiger partial charge < -0.3 is 19.3 Å². The van der Waals surface area contributed by atoms with E-state index in [-0.39, 0.29) is 29.7 Å². The maximum atomic E-state index is 13.7. The third-order valence-electron chi connectivity index (χ3n) is 6.98. The van der Waals surface area contributed by atoms with E-state index < -0.39 is 5.41 Å². The van der Waals surface area contributed by atoms with Crippen LogP contribution in [0.15, 0.2) is 18.2 Å². The Balaban J connectivity index is 1.78. The third kappa shape index (κ3) is 2.39. The van der Waals surface area contributed by atoms with Crippen molar-refractivity contribution in [1.29, 1.82) is 0 Å². The van der Waals surface area contributed by atoms with E-state index in [9.17, 15) is 14.7 Å². The molecule has 2 aromatic rings. The fraction of sp³-hybridized carbons (Fsp3) is 0.545. The van der Waals surface area contributed by atoms with Crippen LogP contribution in [-0.4, -0.2) is 45.1 Å². The van der Waals surface area contributed by atoms with E-state index in [0.717, 1.165) is 29.4 Å². The summed E-state index contributed by atoms with van der Waals surface area (Å²) in [6, 6.07) is 5.07. The highest BCUT2D eigenvalue weighted by Gasteiger charge is 2.61. The zero-order chi connectivity index (χ0) is 20.2. The van der Waals surface area contributed by atoms with E-state index in [2.05, 4.69) is 0 Å². The number of ether oxygens (including phenoxy) is 1. The topological polar surface area (TPSA) is 71.8 Å². The van der Waals surface area contributed by atoms with Crippen LogP contribution >= 0.6 is 0 Å². The SMILES string of the molecule is CCOC(=O)[C@@]1(CC)C[C@H]2CC[C@@H]1N2C(=O)c1c(C)n(C)c2ccc(O)cc12. The first kappa shape index (κ1) is 18.8. The fourth-order valence-corrected chi connectivity index (χ4v) is 5.47. The molecule has 2 aliphatic rings. The number of phenolic OH excluding ortho intramolecular Hbond substituents is 1. The van der Waals surface area contributed by atoms with Crippen LogP contribution in [0.25, 0.3) is 10.9 Å². The molecule has 2 bridgehead atoms. The molecule has 2 fully saturated rings. The summed E-state index contributed by atoms with van der Waals surface area (Å²) in [5.74, 6) is -0.0680. The number of carbonyl (C=O) groups is 2. The summed E-state index contributed by atoms with van der Waals surface area (Å²) < 4.78 is 7.39. The first-order chi connectivity index (χ1) is 13.4. The lowest BCUT2D eigenvalue weighted by atomic mass is 9.72. The number of carbonyl (C=O) groups excluding carboxylic acids is 2. The van der Waals surface area contributed by atoms with Gasteiger partial charge in [-0.05, 0) is 57.7 Å². The minimum Gasteiger partial charge on any atom is -0.508 e. The Morgan fingerprint density at radius 1 is 1.29 bits per heavy atom. The number of aromatic nitrogens is 1. The smallest absolute Gasteiger partial charge is 0.314 e. The normalized spacial score (nSPS) is 26.2. The number of amides is 1. The van der Waals surface area contributed by atoms with Crippen LogP contribution in [0.5, 0.6) is 5.75 Å². The molecule has 6 heteroatoms. The second-order valence-corrected chi connectivity index (χ2v) is 8.11. The number of fused-ring (bicyclic) bond motifs is 3. The van der Waals surface area contributed by atoms with Crippen LogP contribution in [0.3, 0.4) is 0 Å². The summed E-state index contributed by atoms with van der Waals surface area (Å²) in [4.78, 5) is 28.5. The van der Waals surface area contributed by atoms with Gasteiger partial charge in [-0.1, -0.05) is 6.92 Å².